The third kappa shape index (κ3) is 4.03. The molecular weight excluding hydrogens is 224 g/mol. The molecule has 1 heterocycles. The van der Waals surface area contributed by atoms with Crippen LogP contribution in [0.3, 0.4) is 0 Å². The van der Waals surface area contributed by atoms with E-state index in [2.05, 4.69) is 25.8 Å². The summed E-state index contributed by atoms with van der Waals surface area (Å²) >= 11 is 3.54. The van der Waals surface area contributed by atoms with Crippen LogP contribution in [0.1, 0.15) is 51.6 Å². The number of nitrogen functional groups attached to an aromatic ring is 1. The summed E-state index contributed by atoms with van der Waals surface area (Å²) in [7, 11) is 0. The molecule has 15 heavy (non-hydrogen) atoms. The molecule has 0 atom stereocenters. The summed E-state index contributed by atoms with van der Waals surface area (Å²) in [5.41, 5.74) is 6.92. The van der Waals surface area contributed by atoms with E-state index < -0.39 is 0 Å². The fraction of sp³-hybridized carbons (Fsp3) is 0.727. The average Bonchev–Trinajstić information content (AvgIpc) is 2.55. The van der Waals surface area contributed by atoms with Crippen LogP contribution < -0.4 is 5.73 Å². The van der Waals surface area contributed by atoms with Crippen LogP contribution in [-0.4, -0.2) is 10.7 Å². The number of anilines is 1. The van der Waals surface area contributed by atoms with Gasteiger partial charge in [-0.3, -0.25) is 0 Å². The van der Waals surface area contributed by atoms with E-state index in [1.807, 2.05) is 11.8 Å². The fourth-order valence-corrected chi connectivity index (χ4v) is 3.74. The van der Waals surface area contributed by atoms with Crippen molar-refractivity contribution in [3.8, 4) is 0 Å². The van der Waals surface area contributed by atoms with Crippen molar-refractivity contribution in [2.24, 2.45) is 0 Å². The van der Waals surface area contributed by atoms with Crippen LogP contribution in [0.5, 0.6) is 0 Å². The number of nitrogens with zero attached hydrogens (tertiary/aromatic N) is 1. The Bertz CT molecular complexity index is 295. The van der Waals surface area contributed by atoms with E-state index in [-0.39, 0.29) is 0 Å². The number of aromatic nitrogens is 1. The lowest BCUT2D eigenvalue weighted by atomic mass is 10.2. The topological polar surface area (TPSA) is 38.9 Å². The van der Waals surface area contributed by atoms with Gasteiger partial charge in [0.1, 0.15) is 0 Å². The van der Waals surface area contributed by atoms with E-state index in [1.165, 1.54) is 34.9 Å². The lowest BCUT2D eigenvalue weighted by molar-refractivity contribution is 0.777. The van der Waals surface area contributed by atoms with Crippen LogP contribution in [0.15, 0.2) is 4.21 Å². The van der Waals surface area contributed by atoms with Gasteiger partial charge in [-0.1, -0.05) is 44.9 Å². The minimum absolute atomic E-state index is 0.479. The largest absolute Gasteiger partial charge is 0.375 e. The third-order valence-electron chi connectivity index (χ3n) is 2.16. The maximum absolute atomic E-state index is 5.74. The summed E-state index contributed by atoms with van der Waals surface area (Å²) < 4.78 is 1.32. The Labute approximate surface area is 101 Å². The second-order valence-electron chi connectivity index (χ2n) is 3.94. The van der Waals surface area contributed by atoms with Gasteiger partial charge in [-0.25, -0.2) is 4.98 Å². The molecule has 2 nitrogen and oxygen atoms in total. The van der Waals surface area contributed by atoms with Gasteiger partial charge in [0.15, 0.2) is 5.13 Å². The standard InChI is InChI=1S/C11H20N2S2/c1-4-5-6-7-14-10-9(8(2)3)13-11(12)15-10/h8H,4-7H2,1-3H3,(H2,12,13). The lowest BCUT2D eigenvalue weighted by Crippen LogP contribution is -1.91. The first-order chi connectivity index (χ1) is 7.15. The molecule has 0 aliphatic rings. The molecule has 0 amide bonds. The Balaban J connectivity index is 2.52. The van der Waals surface area contributed by atoms with Gasteiger partial charge in [0, 0.05) is 0 Å². The zero-order chi connectivity index (χ0) is 11.3. The first-order valence-corrected chi connectivity index (χ1v) is 7.34. The number of unbranched alkanes of at least 4 members (excludes halogenated alkanes) is 2. The van der Waals surface area contributed by atoms with Crippen molar-refractivity contribution in [2.75, 3.05) is 11.5 Å². The summed E-state index contributed by atoms with van der Waals surface area (Å²) in [6.45, 7) is 6.57. The highest BCUT2D eigenvalue weighted by Gasteiger charge is 2.12. The molecule has 0 spiro atoms. The van der Waals surface area contributed by atoms with Gasteiger partial charge in [-0.15, -0.1) is 11.8 Å². The minimum atomic E-state index is 0.479. The van der Waals surface area contributed by atoms with Crippen LogP contribution in [0, 0.1) is 0 Å². The second-order valence-corrected chi connectivity index (χ2v) is 6.33. The molecule has 0 aliphatic carbocycles. The predicted molar refractivity (Wildman–Crippen MR) is 70.9 cm³/mol. The molecule has 0 aromatic carbocycles. The number of rotatable bonds is 6. The number of nitrogens with two attached hydrogens (primary N) is 1. The number of hydrogen-bond acceptors (Lipinski definition) is 4. The lowest BCUT2D eigenvalue weighted by Gasteiger charge is -2.04. The molecule has 2 N–H and O–H groups in total. The molecule has 0 saturated heterocycles. The highest BCUT2D eigenvalue weighted by molar-refractivity contribution is 8.01. The Hall–Kier alpha value is -0.220. The average molecular weight is 244 g/mol. The van der Waals surface area contributed by atoms with Crippen molar-refractivity contribution in [2.45, 2.75) is 50.2 Å². The monoisotopic (exact) mass is 244 g/mol. The van der Waals surface area contributed by atoms with E-state index in [1.54, 1.807) is 11.3 Å². The highest BCUT2D eigenvalue weighted by Crippen LogP contribution is 2.35. The van der Waals surface area contributed by atoms with E-state index in [0.717, 1.165) is 0 Å². The van der Waals surface area contributed by atoms with Crippen molar-refractivity contribution >= 4 is 28.2 Å². The molecule has 0 aliphatic heterocycles. The molecule has 1 aromatic heterocycles. The smallest absolute Gasteiger partial charge is 0.181 e. The summed E-state index contributed by atoms with van der Waals surface area (Å²) in [5.74, 6) is 1.67. The van der Waals surface area contributed by atoms with Gasteiger partial charge < -0.3 is 5.73 Å². The summed E-state index contributed by atoms with van der Waals surface area (Å²) in [6.07, 6.45) is 3.89. The van der Waals surface area contributed by atoms with Crippen LogP contribution in [-0.2, 0) is 0 Å². The van der Waals surface area contributed by atoms with Gasteiger partial charge in [0.05, 0.1) is 9.90 Å². The maximum atomic E-state index is 5.74. The molecular formula is C11H20N2S2. The van der Waals surface area contributed by atoms with Crippen LogP contribution >= 0.6 is 23.1 Å². The molecule has 4 heteroatoms. The summed E-state index contributed by atoms with van der Waals surface area (Å²) in [6, 6.07) is 0. The summed E-state index contributed by atoms with van der Waals surface area (Å²) in [5, 5.41) is 0.705. The Morgan fingerprint density at radius 2 is 2.13 bits per heavy atom. The van der Waals surface area contributed by atoms with Gasteiger partial charge in [-0.05, 0) is 18.1 Å². The first kappa shape index (κ1) is 12.8. The Morgan fingerprint density at radius 1 is 1.40 bits per heavy atom. The SMILES string of the molecule is CCCCCSc1sc(N)nc1C(C)C. The molecule has 1 aromatic rings. The van der Waals surface area contributed by atoms with Crippen molar-refractivity contribution in [3.05, 3.63) is 5.69 Å². The van der Waals surface area contributed by atoms with E-state index in [4.69, 9.17) is 5.73 Å². The first-order valence-electron chi connectivity index (χ1n) is 5.54. The number of thiazole rings is 1. The second kappa shape index (κ2) is 6.38. The van der Waals surface area contributed by atoms with Gasteiger partial charge in [0.25, 0.3) is 0 Å². The predicted octanol–water partition coefficient (Wildman–Crippen LogP) is 4.13. The van der Waals surface area contributed by atoms with Crippen molar-refractivity contribution in [1.29, 1.82) is 0 Å². The Morgan fingerprint density at radius 3 is 2.73 bits per heavy atom. The van der Waals surface area contributed by atoms with Crippen LogP contribution in [0.2, 0.25) is 0 Å². The van der Waals surface area contributed by atoms with Gasteiger partial charge >= 0.3 is 0 Å². The normalized spacial score (nSPS) is 11.2. The highest BCUT2D eigenvalue weighted by atomic mass is 32.2. The van der Waals surface area contributed by atoms with Crippen LogP contribution in [0.25, 0.3) is 0 Å². The van der Waals surface area contributed by atoms with Crippen molar-refractivity contribution in [1.82, 2.24) is 4.98 Å². The molecule has 0 radical (unpaired) electrons. The van der Waals surface area contributed by atoms with Crippen LogP contribution in [0.4, 0.5) is 5.13 Å². The van der Waals surface area contributed by atoms with E-state index in [0.29, 0.717) is 11.0 Å². The minimum Gasteiger partial charge on any atom is -0.375 e. The van der Waals surface area contributed by atoms with Crippen molar-refractivity contribution < 1.29 is 0 Å². The zero-order valence-corrected chi connectivity index (χ0v) is 11.4. The number of hydrogen-bond donors (Lipinski definition) is 1. The van der Waals surface area contributed by atoms with Crippen molar-refractivity contribution in [3.63, 3.8) is 0 Å². The molecule has 86 valence electrons. The maximum Gasteiger partial charge on any atom is 0.181 e. The molecule has 0 unspecified atom stereocenters. The molecule has 1 rings (SSSR count). The molecule has 0 bridgehead atoms. The molecule has 0 fully saturated rings. The summed E-state index contributed by atoms with van der Waals surface area (Å²) in [4.78, 5) is 4.38. The van der Waals surface area contributed by atoms with Gasteiger partial charge in [-0.2, -0.15) is 0 Å². The van der Waals surface area contributed by atoms with Gasteiger partial charge in [0.2, 0.25) is 0 Å². The third-order valence-corrected chi connectivity index (χ3v) is 4.43. The quantitative estimate of drug-likeness (QED) is 0.604. The molecule has 0 saturated carbocycles. The zero-order valence-electron chi connectivity index (χ0n) is 9.75. The van der Waals surface area contributed by atoms with E-state index >= 15 is 0 Å². The van der Waals surface area contributed by atoms with E-state index in [9.17, 15) is 0 Å². The number of thioether (sulfide) groups is 1. The fourth-order valence-electron chi connectivity index (χ4n) is 1.32. The Kier molecular flexibility index (Phi) is 5.47.